The number of nitrogens with zero attached hydrogens (tertiary/aromatic N) is 4. The number of non-ortho nitro benzene ring substituents is 1. The van der Waals surface area contributed by atoms with Gasteiger partial charge in [0.15, 0.2) is 0 Å². The summed E-state index contributed by atoms with van der Waals surface area (Å²) in [5.41, 5.74) is 3.06. The van der Waals surface area contributed by atoms with Crippen molar-refractivity contribution in [3.63, 3.8) is 0 Å². The van der Waals surface area contributed by atoms with E-state index in [0.29, 0.717) is 6.54 Å². The van der Waals surface area contributed by atoms with Crippen molar-refractivity contribution < 1.29 is 4.92 Å². The molecule has 28 heavy (non-hydrogen) atoms. The summed E-state index contributed by atoms with van der Waals surface area (Å²) in [4.78, 5) is 13.1. The van der Waals surface area contributed by atoms with E-state index in [-0.39, 0.29) is 16.1 Å². The van der Waals surface area contributed by atoms with E-state index in [4.69, 9.17) is 0 Å². The summed E-state index contributed by atoms with van der Waals surface area (Å²) in [6.07, 6.45) is 4.62. The van der Waals surface area contributed by atoms with Crippen LogP contribution in [0.2, 0.25) is 0 Å². The minimum absolute atomic E-state index is 0.0943. The fourth-order valence-electron chi connectivity index (χ4n) is 4.01. The van der Waals surface area contributed by atoms with Crippen molar-refractivity contribution in [2.75, 3.05) is 19.6 Å². The van der Waals surface area contributed by atoms with Gasteiger partial charge in [-0.05, 0) is 51.3 Å². The number of hydrogen-bond acceptors (Lipinski definition) is 5. The highest BCUT2D eigenvalue weighted by molar-refractivity contribution is 5.64. The van der Waals surface area contributed by atoms with Crippen molar-refractivity contribution >= 4 is 5.69 Å². The van der Waals surface area contributed by atoms with Crippen molar-refractivity contribution in [3.05, 3.63) is 46.1 Å². The van der Waals surface area contributed by atoms with E-state index in [1.165, 1.54) is 31.5 Å². The SMILES string of the molecule is CC1CCCN(C(C)(C)CNCc2cn(C)nc2-c2ccc([N+](=O)[O-])cc2)C1. The first-order chi connectivity index (χ1) is 13.3. The first-order valence-electron chi connectivity index (χ1n) is 9.99. The highest BCUT2D eigenvalue weighted by Gasteiger charge is 2.29. The molecule has 1 saturated heterocycles. The molecule has 2 aromatic rings. The first kappa shape index (κ1) is 20.5. The van der Waals surface area contributed by atoms with E-state index in [2.05, 4.69) is 36.1 Å². The van der Waals surface area contributed by atoms with Crippen LogP contribution in [0.4, 0.5) is 5.69 Å². The number of nitro benzene ring substituents is 1. The first-order valence-corrected chi connectivity index (χ1v) is 9.99. The molecule has 1 aromatic carbocycles. The van der Waals surface area contributed by atoms with Gasteiger partial charge in [0, 0.05) is 61.7 Å². The lowest BCUT2D eigenvalue weighted by Crippen LogP contribution is -2.53. The Balaban J connectivity index is 1.66. The minimum atomic E-state index is -0.381. The molecular weight excluding hydrogens is 354 g/mol. The van der Waals surface area contributed by atoms with Gasteiger partial charge < -0.3 is 5.32 Å². The normalized spacial score (nSPS) is 18.4. The Kier molecular flexibility index (Phi) is 6.15. The molecule has 1 aromatic heterocycles. The van der Waals surface area contributed by atoms with E-state index in [1.807, 2.05) is 13.2 Å². The molecule has 3 rings (SSSR count). The Morgan fingerprint density at radius 1 is 1.32 bits per heavy atom. The maximum absolute atomic E-state index is 10.9. The van der Waals surface area contributed by atoms with E-state index < -0.39 is 0 Å². The number of aryl methyl sites for hydroxylation is 1. The quantitative estimate of drug-likeness (QED) is 0.582. The van der Waals surface area contributed by atoms with E-state index in [0.717, 1.165) is 35.8 Å². The molecule has 0 saturated carbocycles. The van der Waals surface area contributed by atoms with Crippen molar-refractivity contribution in [1.29, 1.82) is 0 Å². The smallest absolute Gasteiger partial charge is 0.269 e. The summed E-state index contributed by atoms with van der Waals surface area (Å²) < 4.78 is 1.80. The third-order valence-corrected chi connectivity index (χ3v) is 5.64. The third kappa shape index (κ3) is 4.77. The Morgan fingerprint density at radius 3 is 2.68 bits per heavy atom. The van der Waals surface area contributed by atoms with Gasteiger partial charge in [-0.1, -0.05) is 6.92 Å². The zero-order valence-electron chi connectivity index (χ0n) is 17.3. The summed E-state index contributed by atoms with van der Waals surface area (Å²) >= 11 is 0. The van der Waals surface area contributed by atoms with Gasteiger partial charge in [-0.15, -0.1) is 0 Å². The fourth-order valence-corrected chi connectivity index (χ4v) is 4.01. The second kappa shape index (κ2) is 8.41. The van der Waals surface area contributed by atoms with Crippen LogP contribution in [0.15, 0.2) is 30.5 Å². The molecule has 0 aliphatic carbocycles. The van der Waals surface area contributed by atoms with E-state index in [1.54, 1.807) is 16.8 Å². The van der Waals surface area contributed by atoms with Crippen LogP contribution in [0.25, 0.3) is 11.3 Å². The van der Waals surface area contributed by atoms with Crippen LogP contribution < -0.4 is 5.32 Å². The minimum Gasteiger partial charge on any atom is -0.311 e. The summed E-state index contributed by atoms with van der Waals surface area (Å²) in [6.45, 7) is 10.9. The van der Waals surface area contributed by atoms with Crippen molar-refractivity contribution in [1.82, 2.24) is 20.0 Å². The lowest BCUT2D eigenvalue weighted by atomic mass is 9.93. The molecule has 7 nitrogen and oxygen atoms in total. The lowest BCUT2D eigenvalue weighted by molar-refractivity contribution is -0.384. The number of rotatable bonds is 7. The van der Waals surface area contributed by atoms with Gasteiger partial charge in [0.2, 0.25) is 0 Å². The molecule has 1 N–H and O–H groups in total. The Bertz CT molecular complexity index is 813. The monoisotopic (exact) mass is 385 g/mol. The summed E-state index contributed by atoms with van der Waals surface area (Å²) in [5, 5.41) is 19.0. The molecule has 0 amide bonds. The van der Waals surface area contributed by atoms with Gasteiger partial charge in [0.05, 0.1) is 10.6 Å². The number of likely N-dealkylation sites (tertiary alicyclic amines) is 1. The standard InChI is InChI=1S/C21H31N5O2/c1-16-6-5-11-25(13-16)21(2,3)15-22-12-18-14-24(4)23-20(18)17-7-9-19(10-8-17)26(27)28/h7-10,14,16,22H,5-6,11-13,15H2,1-4H3. The highest BCUT2D eigenvalue weighted by Crippen LogP contribution is 2.26. The second-order valence-electron chi connectivity index (χ2n) is 8.59. The molecule has 1 fully saturated rings. The zero-order valence-corrected chi connectivity index (χ0v) is 17.3. The molecule has 1 atom stereocenters. The maximum atomic E-state index is 10.9. The molecule has 1 unspecified atom stereocenters. The molecule has 0 radical (unpaired) electrons. The van der Waals surface area contributed by atoms with Gasteiger partial charge in [-0.3, -0.25) is 19.7 Å². The Hall–Kier alpha value is -2.25. The largest absolute Gasteiger partial charge is 0.311 e. The van der Waals surface area contributed by atoms with E-state index >= 15 is 0 Å². The Labute approximate surface area is 166 Å². The molecule has 0 spiro atoms. The lowest BCUT2D eigenvalue weighted by Gasteiger charge is -2.43. The van der Waals surface area contributed by atoms with Crippen LogP contribution in [0.5, 0.6) is 0 Å². The number of nitrogens with one attached hydrogen (secondary N) is 1. The molecular formula is C21H31N5O2. The van der Waals surface area contributed by atoms with Crippen LogP contribution in [0.3, 0.4) is 0 Å². The predicted octanol–water partition coefficient (Wildman–Crippen LogP) is 3.60. The summed E-state index contributed by atoms with van der Waals surface area (Å²) in [6, 6.07) is 6.59. The van der Waals surface area contributed by atoms with Crippen molar-refractivity contribution in [2.24, 2.45) is 13.0 Å². The molecule has 1 aliphatic rings. The third-order valence-electron chi connectivity index (χ3n) is 5.64. The number of piperidine rings is 1. The number of aromatic nitrogens is 2. The maximum Gasteiger partial charge on any atom is 0.269 e. The number of hydrogen-bond donors (Lipinski definition) is 1. The van der Waals surface area contributed by atoms with Crippen LogP contribution in [-0.2, 0) is 13.6 Å². The predicted molar refractivity (Wildman–Crippen MR) is 111 cm³/mol. The van der Waals surface area contributed by atoms with Gasteiger partial charge in [0.1, 0.15) is 0 Å². The average molecular weight is 386 g/mol. The number of nitro groups is 1. The van der Waals surface area contributed by atoms with Crippen molar-refractivity contribution in [3.8, 4) is 11.3 Å². The average Bonchev–Trinajstić information content (AvgIpc) is 3.02. The molecule has 152 valence electrons. The van der Waals surface area contributed by atoms with E-state index in [9.17, 15) is 10.1 Å². The molecule has 1 aliphatic heterocycles. The van der Waals surface area contributed by atoms with Crippen LogP contribution in [0.1, 0.15) is 39.2 Å². The van der Waals surface area contributed by atoms with Gasteiger partial charge in [-0.2, -0.15) is 5.10 Å². The second-order valence-corrected chi connectivity index (χ2v) is 8.59. The molecule has 7 heteroatoms. The van der Waals surface area contributed by atoms with Crippen LogP contribution >= 0.6 is 0 Å². The summed E-state index contributed by atoms with van der Waals surface area (Å²) in [7, 11) is 1.90. The van der Waals surface area contributed by atoms with Gasteiger partial charge in [0.25, 0.3) is 5.69 Å². The van der Waals surface area contributed by atoms with Gasteiger partial charge in [-0.25, -0.2) is 0 Å². The zero-order chi connectivity index (χ0) is 20.3. The Morgan fingerprint density at radius 2 is 2.04 bits per heavy atom. The molecule has 0 bridgehead atoms. The molecule has 2 heterocycles. The topological polar surface area (TPSA) is 76.2 Å². The van der Waals surface area contributed by atoms with Crippen LogP contribution in [-0.4, -0.2) is 44.8 Å². The summed E-state index contributed by atoms with van der Waals surface area (Å²) in [5.74, 6) is 0.764. The highest BCUT2D eigenvalue weighted by atomic mass is 16.6. The number of benzene rings is 1. The fraction of sp³-hybridized carbons (Fsp3) is 0.571. The van der Waals surface area contributed by atoms with Gasteiger partial charge >= 0.3 is 0 Å². The van der Waals surface area contributed by atoms with Crippen LogP contribution in [0, 0.1) is 16.0 Å². The van der Waals surface area contributed by atoms with Crippen molar-refractivity contribution in [2.45, 2.75) is 45.7 Å².